The van der Waals surface area contributed by atoms with Crippen molar-refractivity contribution in [1.82, 2.24) is 29.6 Å². The zero-order chi connectivity index (χ0) is 20.2. The first-order valence-corrected chi connectivity index (χ1v) is 8.98. The molecule has 1 aromatic carbocycles. The predicted molar refractivity (Wildman–Crippen MR) is 105 cm³/mol. The van der Waals surface area contributed by atoms with Crippen LogP contribution >= 0.6 is 0 Å². The molecule has 29 heavy (non-hydrogen) atoms. The van der Waals surface area contributed by atoms with Gasteiger partial charge in [-0.3, -0.25) is 14.3 Å². The molecule has 1 N–H and O–H groups in total. The van der Waals surface area contributed by atoms with E-state index in [1.165, 1.54) is 15.4 Å². The lowest BCUT2D eigenvalue weighted by atomic mass is 10.2. The number of hydrogen-bond acceptors (Lipinski definition) is 6. The van der Waals surface area contributed by atoms with Crippen LogP contribution in [0.1, 0.15) is 10.6 Å². The van der Waals surface area contributed by atoms with Gasteiger partial charge in [0.15, 0.2) is 5.82 Å². The molecule has 0 atom stereocenters. The van der Waals surface area contributed by atoms with Gasteiger partial charge in [-0.25, -0.2) is 14.5 Å². The molecule has 1 amide bonds. The van der Waals surface area contributed by atoms with Crippen molar-refractivity contribution in [3.8, 4) is 23.0 Å². The van der Waals surface area contributed by atoms with Crippen molar-refractivity contribution in [2.75, 3.05) is 6.54 Å². The molecular weight excluding hydrogens is 372 g/mol. The maximum absolute atomic E-state index is 12.4. The Labute approximate surface area is 165 Å². The molecule has 0 saturated carbocycles. The molecule has 3 aromatic heterocycles. The van der Waals surface area contributed by atoms with Gasteiger partial charge >= 0.3 is 5.69 Å². The summed E-state index contributed by atoms with van der Waals surface area (Å²) in [6, 6.07) is 14.7. The number of aromatic nitrogens is 5. The zero-order valence-electron chi connectivity index (χ0n) is 15.6. The first-order valence-electron chi connectivity index (χ1n) is 8.98. The summed E-state index contributed by atoms with van der Waals surface area (Å²) < 4.78 is 8.23. The van der Waals surface area contributed by atoms with Gasteiger partial charge < -0.3 is 9.73 Å². The molecule has 9 heteroatoms. The van der Waals surface area contributed by atoms with Crippen LogP contribution in [0.15, 0.2) is 70.1 Å². The Hall–Kier alpha value is -4.01. The standard InChI is InChI=1S/C20H18N6O3/c1-25-17(15-9-5-6-10-21-15)24-26(20(25)28)12-11-22-18(27)16-13-23-19(29-16)14-7-3-2-4-8-14/h2-10,13H,11-12H2,1H3,(H,22,27). The minimum Gasteiger partial charge on any atom is -0.431 e. The van der Waals surface area contributed by atoms with E-state index in [4.69, 9.17) is 4.42 Å². The van der Waals surface area contributed by atoms with Gasteiger partial charge in [0.25, 0.3) is 5.91 Å². The number of oxazole rings is 1. The summed E-state index contributed by atoms with van der Waals surface area (Å²) in [5.74, 6) is 0.529. The lowest BCUT2D eigenvalue weighted by Gasteiger charge is -2.02. The van der Waals surface area contributed by atoms with E-state index in [-0.39, 0.29) is 24.5 Å². The molecule has 0 bridgehead atoms. The molecule has 0 radical (unpaired) electrons. The number of carbonyl (C=O) groups excluding carboxylic acids is 1. The average molecular weight is 390 g/mol. The fourth-order valence-corrected chi connectivity index (χ4v) is 2.81. The Morgan fingerprint density at radius 1 is 1.10 bits per heavy atom. The molecule has 3 heterocycles. The first-order chi connectivity index (χ1) is 14.1. The Bertz CT molecular complexity index is 1180. The van der Waals surface area contributed by atoms with E-state index in [1.807, 2.05) is 36.4 Å². The Morgan fingerprint density at radius 2 is 1.90 bits per heavy atom. The second-order valence-electron chi connectivity index (χ2n) is 6.25. The summed E-state index contributed by atoms with van der Waals surface area (Å²) in [5, 5.41) is 7.02. The van der Waals surface area contributed by atoms with E-state index in [2.05, 4.69) is 20.4 Å². The molecule has 0 fully saturated rings. The molecule has 0 unspecified atom stereocenters. The van der Waals surface area contributed by atoms with Crippen molar-refractivity contribution in [1.29, 1.82) is 0 Å². The lowest BCUT2D eigenvalue weighted by Crippen LogP contribution is -2.31. The normalized spacial score (nSPS) is 10.8. The molecule has 4 rings (SSSR count). The van der Waals surface area contributed by atoms with Crippen molar-refractivity contribution < 1.29 is 9.21 Å². The van der Waals surface area contributed by atoms with Crippen LogP contribution in [0, 0.1) is 0 Å². The van der Waals surface area contributed by atoms with Gasteiger partial charge in [-0.1, -0.05) is 24.3 Å². The number of pyridine rings is 1. The summed E-state index contributed by atoms with van der Waals surface area (Å²) in [7, 11) is 1.63. The molecule has 0 spiro atoms. The van der Waals surface area contributed by atoms with Gasteiger partial charge in [0, 0.05) is 25.4 Å². The predicted octanol–water partition coefficient (Wildman–Crippen LogP) is 1.73. The number of amides is 1. The zero-order valence-corrected chi connectivity index (χ0v) is 15.6. The number of rotatable bonds is 6. The van der Waals surface area contributed by atoms with Crippen LogP contribution in [0.3, 0.4) is 0 Å². The minimum atomic E-state index is -0.409. The van der Waals surface area contributed by atoms with Crippen LogP contribution in [-0.4, -0.2) is 36.8 Å². The van der Waals surface area contributed by atoms with E-state index >= 15 is 0 Å². The quantitative estimate of drug-likeness (QED) is 0.537. The van der Waals surface area contributed by atoms with Crippen LogP contribution in [0.25, 0.3) is 23.0 Å². The Balaban J connectivity index is 1.40. The van der Waals surface area contributed by atoms with Crippen molar-refractivity contribution in [3.63, 3.8) is 0 Å². The first kappa shape index (κ1) is 18.4. The van der Waals surface area contributed by atoms with E-state index in [9.17, 15) is 9.59 Å². The van der Waals surface area contributed by atoms with Gasteiger partial charge in [0.2, 0.25) is 11.7 Å². The minimum absolute atomic E-state index is 0.103. The smallest absolute Gasteiger partial charge is 0.346 e. The van der Waals surface area contributed by atoms with E-state index in [0.717, 1.165) is 5.56 Å². The highest BCUT2D eigenvalue weighted by atomic mass is 16.4. The highest BCUT2D eigenvalue weighted by Gasteiger charge is 2.15. The number of carbonyl (C=O) groups is 1. The summed E-state index contributed by atoms with van der Waals surface area (Å²) >= 11 is 0. The number of nitrogens with zero attached hydrogens (tertiary/aromatic N) is 5. The van der Waals surface area contributed by atoms with Gasteiger partial charge in [-0.05, 0) is 24.3 Å². The highest BCUT2D eigenvalue weighted by Crippen LogP contribution is 2.18. The van der Waals surface area contributed by atoms with Crippen LogP contribution in [0.2, 0.25) is 0 Å². The summed E-state index contributed by atoms with van der Waals surface area (Å²) in [6.45, 7) is 0.420. The molecule has 0 saturated heterocycles. The van der Waals surface area contributed by atoms with Crippen molar-refractivity contribution in [2.24, 2.45) is 7.05 Å². The molecule has 146 valence electrons. The summed E-state index contributed by atoms with van der Waals surface area (Å²) in [5.41, 5.74) is 1.10. The maximum Gasteiger partial charge on any atom is 0.346 e. The van der Waals surface area contributed by atoms with Crippen molar-refractivity contribution in [3.05, 3.63) is 77.2 Å². The Morgan fingerprint density at radius 3 is 2.66 bits per heavy atom. The summed E-state index contributed by atoms with van der Waals surface area (Å²) in [6.07, 6.45) is 3.02. The van der Waals surface area contributed by atoms with E-state index in [1.54, 1.807) is 25.4 Å². The van der Waals surface area contributed by atoms with Crippen LogP contribution in [0.5, 0.6) is 0 Å². The molecular formula is C20H18N6O3. The SMILES string of the molecule is Cn1c(-c2ccccn2)nn(CCNC(=O)c2cnc(-c3ccccc3)o2)c1=O. The molecule has 0 aliphatic rings. The van der Waals surface area contributed by atoms with Crippen molar-refractivity contribution in [2.45, 2.75) is 6.54 Å². The van der Waals surface area contributed by atoms with Gasteiger partial charge in [0.05, 0.1) is 12.7 Å². The van der Waals surface area contributed by atoms with Crippen LogP contribution in [0.4, 0.5) is 0 Å². The topological polar surface area (TPSA) is 108 Å². The van der Waals surface area contributed by atoms with E-state index < -0.39 is 5.91 Å². The average Bonchev–Trinajstić information content (AvgIpc) is 3.36. The summed E-state index contributed by atoms with van der Waals surface area (Å²) in [4.78, 5) is 33.0. The van der Waals surface area contributed by atoms with Crippen molar-refractivity contribution >= 4 is 5.91 Å². The molecule has 9 nitrogen and oxygen atoms in total. The third-order valence-corrected chi connectivity index (χ3v) is 4.29. The second-order valence-corrected chi connectivity index (χ2v) is 6.25. The van der Waals surface area contributed by atoms with Crippen LogP contribution < -0.4 is 11.0 Å². The number of benzene rings is 1. The van der Waals surface area contributed by atoms with Gasteiger partial charge in [-0.15, -0.1) is 5.10 Å². The largest absolute Gasteiger partial charge is 0.431 e. The molecule has 0 aliphatic heterocycles. The van der Waals surface area contributed by atoms with Crippen LogP contribution in [-0.2, 0) is 13.6 Å². The number of hydrogen-bond donors (Lipinski definition) is 1. The highest BCUT2D eigenvalue weighted by molar-refractivity contribution is 5.91. The maximum atomic E-state index is 12.4. The molecule has 0 aliphatic carbocycles. The third kappa shape index (κ3) is 3.84. The Kier molecular flexibility index (Phi) is 5.02. The fraction of sp³-hybridized carbons (Fsp3) is 0.150. The molecule has 4 aromatic rings. The van der Waals surface area contributed by atoms with Gasteiger partial charge in [0.1, 0.15) is 5.69 Å². The monoisotopic (exact) mass is 390 g/mol. The number of nitrogens with one attached hydrogen (secondary N) is 1. The van der Waals surface area contributed by atoms with Gasteiger partial charge in [-0.2, -0.15) is 0 Å². The lowest BCUT2D eigenvalue weighted by molar-refractivity contribution is 0.0925. The van der Waals surface area contributed by atoms with E-state index in [0.29, 0.717) is 17.4 Å². The fourth-order valence-electron chi connectivity index (χ4n) is 2.81. The third-order valence-electron chi connectivity index (χ3n) is 4.29. The second kappa shape index (κ2) is 7.93.